The number of hydrogen-bond acceptors (Lipinski definition) is 3. The lowest BCUT2D eigenvalue weighted by Gasteiger charge is -2.34. The number of carbonyl (C=O) groups is 1. The molecule has 1 aliphatic heterocycles. The maximum absolute atomic E-state index is 13.6. The van der Waals surface area contributed by atoms with E-state index in [-0.39, 0.29) is 29.4 Å². The molecule has 0 aromatic heterocycles. The van der Waals surface area contributed by atoms with Crippen molar-refractivity contribution in [3.05, 3.63) is 58.1 Å². The molecule has 4 rings (SSSR count). The zero-order valence-corrected chi connectivity index (χ0v) is 20.5. The quantitative estimate of drug-likeness (QED) is 0.571. The Balaban J connectivity index is 1.65. The first-order valence-corrected chi connectivity index (χ1v) is 13.2. The molecule has 31 heavy (non-hydrogen) atoms. The van der Waals surface area contributed by atoms with Gasteiger partial charge in [-0.2, -0.15) is 4.31 Å². The molecule has 1 fully saturated rings. The minimum absolute atomic E-state index is 0.00656. The van der Waals surface area contributed by atoms with E-state index in [4.69, 9.17) is 0 Å². The van der Waals surface area contributed by atoms with Crippen LogP contribution in [0.15, 0.2) is 51.8 Å². The molecule has 0 saturated heterocycles. The van der Waals surface area contributed by atoms with E-state index in [2.05, 4.69) is 15.9 Å². The molecule has 5 nitrogen and oxygen atoms in total. The number of nitrogens with zero attached hydrogens (tertiary/aromatic N) is 2. The number of carbonyl (C=O) groups excluding carboxylic acids is 1. The van der Waals surface area contributed by atoms with Gasteiger partial charge in [0.1, 0.15) is 0 Å². The first kappa shape index (κ1) is 22.5. The van der Waals surface area contributed by atoms with Gasteiger partial charge in [-0.1, -0.05) is 52.9 Å². The highest BCUT2D eigenvalue weighted by Gasteiger charge is 2.38. The van der Waals surface area contributed by atoms with Gasteiger partial charge < -0.3 is 4.90 Å². The second-order valence-electron chi connectivity index (χ2n) is 8.75. The fourth-order valence-electron chi connectivity index (χ4n) is 4.81. The van der Waals surface area contributed by atoms with Crippen molar-refractivity contribution in [2.45, 2.75) is 69.4 Å². The van der Waals surface area contributed by atoms with E-state index in [0.29, 0.717) is 0 Å². The number of hydrogen-bond donors (Lipinski definition) is 0. The standard InChI is InChI=1S/C24H29BrN2O3S/c1-17-8-11-22(12-9-17)31(29,30)26(21-6-4-3-5-7-21)16-24(28)27-18(2)14-19-15-20(25)10-13-23(19)27/h8-13,15,18,21H,3-7,14,16H2,1-2H3/t18-/m1/s1. The Labute approximate surface area is 193 Å². The number of amides is 1. The number of aryl methyl sites for hydroxylation is 1. The van der Waals surface area contributed by atoms with Crippen molar-refractivity contribution in [1.82, 2.24) is 4.31 Å². The molecule has 0 N–H and O–H groups in total. The molecule has 0 spiro atoms. The lowest BCUT2D eigenvalue weighted by Crippen LogP contribution is -2.49. The Kier molecular flexibility index (Phi) is 6.56. The Hall–Kier alpha value is -1.70. The number of benzene rings is 2. The van der Waals surface area contributed by atoms with Crippen LogP contribution >= 0.6 is 15.9 Å². The Morgan fingerprint density at radius 1 is 1.10 bits per heavy atom. The van der Waals surface area contributed by atoms with Crippen LogP contribution < -0.4 is 4.90 Å². The van der Waals surface area contributed by atoms with Crippen molar-refractivity contribution in [1.29, 1.82) is 0 Å². The van der Waals surface area contributed by atoms with Crippen LogP contribution in [0.25, 0.3) is 0 Å². The molecule has 166 valence electrons. The number of anilines is 1. The molecule has 2 aromatic rings. The van der Waals surface area contributed by atoms with Crippen LogP contribution in [0.3, 0.4) is 0 Å². The lowest BCUT2D eigenvalue weighted by molar-refractivity contribution is -0.119. The maximum Gasteiger partial charge on any atom is 0.243 e. The molecular weight excluding hydrogens is 476 g/mol. The highest BCUT2D eigenvalue weighted by Crippen LogP contribution is 2.35. The van der Waals surface area contributed by atoms with Gasteiger partial charge in [-0.3, -0.25) is 4.79 Å². The molecule has 1 heterocycles. The first-order valence-electron chi connectivity index (χ1n) is 11.0. The maximum atomic E-state index is 13.6. The third kappa shape index (κ3) is 4.59. The summed E-state index contributed by atoms with van der Waals surface area (Å²) in [5, 5.41) is 0. The molecular formula is C24H29BrN2O3S. The van der Waals surface area contributed by atoms with Gasteiger partial charge in [-0.05, 0) is 69.0 Å². The third-order valence-corrected chi connectivity index (χ3v) is 8.83. The van der Waals surface area contributed by atoms with Crippen molar-refractivity contribution in [2.75, 3.05) is 11.4 Å². The van der Waals surface area contributed by atoms with Crippen molar-refractivity contribution >= 4 is 37.5 Å². The van der Waals surface area contributed by atoms with Gasteiger partial charge in [-0.15, -0.1) is 0 Å². The van der Waals surface area contributed by atoms with Gasteiger partial charge >= 0.3 is 0 Å². The molecule has 1 amide bonds. The summed E-state index contributed by atoms with van der Waals surface area (Å²) in [4.78, 5) is 15.5. The average Bonchev–Trinajstić information content (AvgIpc) is 3.07. The van der Waals surface area contributed by atoms with E-state index in [1.54, 1.807) is 17.0 Å². The van der Waals surface area contributed by atoms with Gasteiger partial charge in [0.15, 0.2) is 0 Å². The van der Waals surface area contributed by atoms with Gasteiger partial charge in [-0.25, -0.2) is 8.42 Å². The fourth-order valence-corrected chi connectivity index (χ4v) is 6.86. The highest BCUT2D eigenvalue weighted by molar-refractivity contribution is 9.10. The van der Waals surface area contributed by atoms with Crippen LogP contribution in [-0.2, 0) is 21.2 Å². The van der Waals surface area contributed by atoms with E-state index < -0.39 is 10.0 Å². The Morgan fingerprint density at radius 2 is 1.77 bits per heavy atom. The van der Waals surface area contributed by atoms with Crippen LogP contribution in [0.2, 0.25) is 0 Å². The molecule has 1 saturated carbocycles. The van der Waals surface area contributed by atoms with Gasteiger partial charge in [0.2, 0.25) is 15.9 Å². The SMILES string of the molecule is Cc1ccc(S(=O)(=O)N(CC(=O)N2c3ccc(Br)cc3C[C@H]2C)C2CCCCC2)cc1. The molecule has 2 aliphatic rings. The average molecular weight is 505 g/mol. The van der Waals surface area contributed by atoms with Gasteiger partial charge in [0.25, 0.3) is 0 Å². The number of rotatable bonds is 5. The Morgan fingerprint density at radius 3 is 2.45 bits per heavy atom. The second kappa shape index (κ2) is 9.04. The molecule has 1 atom stereocenters. The van der Waals surface area contributed by atoms with Crippen molar-refractivity contribution in [3.8, 4) is 0 Å². The van der Waals surface area contributed by atoms with E-state index in [1.165, 1.54) is 4.31 Å². The lowest BCUT2D eigenvalue weighted by atomic mass is 9.95. The third-order valence-electron chi connectivity index (χ3n) is 6.43. The van der Waals surface area contributed by atoms with E-state index in [0.717, 1.165) is 59.8 Å². The predicted molar refractivity (Wildman–Crippen MR) is 127 cm³/mol. The molecule has 2 aromatic carbocycles. The van der Waals surface area contributed by atoms with Gasteiger partial charge in [0.05, 0.1) is 11.4 Å². The summed E-state index contributed by atoms with van der Waals surface area (Å²) >= 11 is 3.50. The minimum Gasteiger partial charge on any atom is -0.308 e. The minimum atomic E-state index is -3.77. The monoisotopic (exact) mass is 504 g/mol. The summed E-state index contributed by atoms with van der Waals surface area (Å²) in [7, 11) is -3.77. The normalized spacial score (nSPS) is 19.6. The number of sulfonamides is 1. The van der Waals surface area contributed by atoms with Crippen LogP contribution in [0.4, 0.5) is 5.69 Å². The van der Waals surface area contributed by atoms with Crippen molar-refractivity contribution in [3.63, 3.8) is 0 Å². The summed E-state index contributed by atoms with van der Waals surface area (Å²) in [6.45, 7) is 3.83. The van der Waals surface area contributed by atoms with E-state index in [1.807, 2.05) is 44.2 Å². The van der Waals surface area contributed by atoms with E-state index >= 15 is 0 Å². The molecule has 0 radical (unpaired) electrons. The largest absolute Gasteiger partial charge is 0.308 e. The summed E-state index contributed by atoms with van der Waals surface area (Å²) in [5.41, 5.74) is 3.01. The van der Waals surface area contributed by atoms with Gasteiger partial charge in [0, 0.05) is 22.2 Å². The zero-order valence-electron chi connectivity index (χ0n) is 18.1. The smallest absolute Gasteiger partial charge is 0.243 e. The molecule has 7 heteroatoms. The number of fused-ring (bicyclic) bond motifs is 1. The summed E-state index contributed by atoms with van der Waals surface area (Å²) in [5.74, 6) is -0.158. The van der Waals surface area contributed by atoms with Crippen LogP contribution in [0, 0.1) is 6.92 Å². The van der Waals surface area contributed by atoms with Crippen molar-refractivity contribution in [2.24, 2.45) is 0 Å². The van der Waals surface area contributed by atoms with Crippen LogP contribution in [0.5, 0.6) is 0 Å². The predicted octanol–water partition coefficient (Wildman–Crippen LogP) is 5.06. The summed E-state index contributed by atoms with van der Waals surface area (Å²) < 4.78 is 29.7. The zero-order chi connectivity index (χ0) is 22.2. The summed E-state index contributed by atoms with van der Waals surface area (Å²) in [6, 6.07) is 12.7. The van der Waals surface area contributed by atoms with E-state index in [9.17, 15) is 13.2 Å². The van der Waals surface area contributed by atoms with Crippen LogP contribution in [-0.4, -0.2) is 37.3 Å². The number of halogens is 1. The fraction of sp³-hybridized carbons (Fsp3) is 0.458. The molecule has 1 aliphatic carbocycles. The molecule has 0 bridgehead atoms. The second-order valence-corrected chi connectivity index (χ2v) is 11.6. The summed E-state index contributed by atoms with van der Waals surface area (Å²) in [6.07, 6.45) is 5.49. The highest BCUT2D eigenvalue weighted by atomic mass is 79.9. The Bertz CT molecular complexity index is 1060. The van der Waals surface area contributed by atoms with Crippen molar-refractivity contribution < 1.29 is 13.2 Å². The first-order chi connectivity index (χ1) is 14.8. The van der Waals surface area contributed by atoms with Crippen LogP contribution in [0.1, 0.15) is 50.2 Å². The topological polar surface area (TPSA) is 57.7 Å². The molecule has 0 unspecified atom stereocenters.